The average molecular weight is 401 g/mol. The number of hydrogen-bond acceptors (Lipinski definition) is 5. The van der Waals surface area contributed by atoms with Crippen LogP contribution >= 0.6 is 12.2 Å². The van der Waals surface area contributed by atoms with Gasteiger partial charge in [0.1, 0.15) is 17.1 Å². The third-order valence-electron chi connectivity index (χ3n) is 4.52. The first-order chi connectivity index (χ1) is 13.3. The van der Waals surface area contributed by atoms with Gasteiger partial charge in [-0.2, -0.15) is 0 Å². The maximum absolute atomic E-state index is 11.7. The van der Waals surface area contributed by atoms with Gasteiger partial charge in [0, 0.05) is 23.7 Å². The molecule has 7 heteroatoms. The molecular weight excluding hydrogens is 376 g/mol. The molecule has 0 unspecified atom stereocenters. The first-order valence-corrected chi connectivity index (χ1v) is 9.35. The second kappa shape index (κ2) is 8.06. The van der Waals surface area contributed by atoms with Gasteiger partial charge >= 0.3 is 5.97 Å². The molecule has 0 radical (unpaired) electrons. The molecule has 0 saturated heterocycles. The number of anilines is 1. The SMILES string of the molecule is COC(=O)c1cccc(NC(=S)N[C@H]2CC(C)(C)Oc3cc(OC)ccc32)c1. The van der Waals surface area contributed by atoms with E-state index in [0.29, 0.717) is 16.4 Å². The number of carbonyl (C=O) groups is 1. The molecule has 0 spiro atoms. The van der Waals surface area contributed by atoms with E-state index in [2.05, 4.69) is 10.6 Å². The van der Waals surface area contributed by atoms with E-state index < -0.39 is 5.97 Å². The Morgan fingerprint density at radius 1 is 1.21 bits per heavy atom. The number of rotatable bonds is 4. The van der Waals surface area contributed by atoms with E-state index >= 15 is 0 Å². The van der Waals surface area contributed by atoms with Gasteiger partial charge in [0.25, 0.3) is 0 Å². The van der Waals surface area contributed by atoms with E-state index in [4.69, 9.17) is 26.4 Å². The number of nitrogens with one attached hydrogen (secondary N) is 2. The molecule has 1 atom stereocenters. The highest BCUT2D eigenvalue weighted by Gasteiger charge is 2.34. The Morgan fingerprint density at radius 2 is 2.00 bits per heavy atom. The fraction of sp³-hybridized carbons (Fsp3) is 0.333. The normalized spacial score (nSPS) is 16.9. The monoisotopic (exact) mass is 400 g/mol. The van der Waals surface area contributed by atoms with Gasteiger partial charge in [-0.15, -0.1) is 0 Å². The predicted octanol–water partition coefficient (Wildman–Crippen LogP) is 4.07. The number of methoxy groups -OCH3 is 2. The summed E-state index contributed by atoms with van der Waals surface area (Å²) < 4.78 is 16.2. The van der Waals surface area contributed by atoms with Crippen molar-refractivity contribution in [3.05, 3.63) is 53.6 Å². The minimum Gasteiger partial charge on any atom is -0.497 e. The van der Waals surface area contributed by atoms with Crippen LogP contribution in [0.25, 0.3) is 0 Å². The maximum Gasteiger partial charge on any atom is 0.337 e. The summed E-state index contributed by atoms with van der Waals surface area (Å²) in [5.74, 6) is 1.13. The Kier molecular flexibility index (Phi) is 5.74. The quantitative estimate of drug-likeness (QED) is 0.592. The minimum atomic E-state index is -0.392. The lowest BCUT2D eigenvalue weighted by atomic mass is 9.89. The molecule has 1 aliphatic heterocycles. The predicted molar refractivity (Wildman–Crippen MR) is 112 cm³/mol. The van der Waals surface area contributed by atoms with Gasteiger partial charge in [0.05, 0.1) is 25.8 Å². The maximum atomic E-state index is 11.7. The van der Waals surface area contributed by atoms with Crippen molar-refractivity contribution in [2.24, 2.45) is 0 Å². The first-order valence-electron chi connectivity index (χ1n) is 8.94. The summed E-state index contributed by atoms with van der Waals surface area (Å²) in [6.45, 7) is 4.08. The summed E-state index contributed by atoms with van der Waals surface area (Å²) in [6, 6.07) is 12.8. The van der Waals surface area contributed by atoms with Crippen molar-refractivity contribution in [3.8, 4) is 11.5 Å². The number of esters is 1. The van der Waals surface area contributed by atoms with Gasteiger partial charge < -0.3 is 24.8 Å². The molecule has 0 bridgehead atoms. The zero-order valence-corrected chi connectivity index (χ0v) is 17.2. The molecule has 3 rings (SSSR count). The van der Waals surface area contributed by atoms with E-state index in [1.54, 1.807) is 25.3 Å². The van der Waals surface area contributed by atoms with Gasteiger partial charge in [-0.3, -0.25) is 0 Å². The summed E-state index contributed by atoms with van der Waals surface area (Å²) in [5.41, 5.74) is 1.84. The fourth-order valence-corrected chi connectivity index (χ4v) is 3.51. The van der Waals surface area contributed by atoms with Crippen molar-refractivity contribution >= 4 is 29.0 Å². The smallest absolute Gasteiger partial charge is 0.337 e. The molecule has 2 N–H and O–H groups in total. The first kappa shape index (κ1) is 19.9. The highest BCUT2D eigenvalue weighted by molar-refractivity contribution is 7.80. The molecule has 1 aliphatic rings. The Bertz CT molecular complexity index is 898. The molecule has 2 aromatic carbocycles. The van der Waals surface area contributed by atoms with Crippen molar-refractivity contribution in [2.45, 2.75) is 31.9 Å². The lowest BCUT2D eigenvalue weighted by Crippen LogP contribution is -2.42. The molecule has 0 aromatic heterocycles. The highest BCUT2D eigenvalue weighted by Crippen LogP contribution is 2.41. The van der Waals surface area contributed by atoms with E-state index in [0.717, 1.165) is 23.5 Å². The lowest BCUT2D eigenvalue weighted by Gasteiger charge is -2.38. The number of benzene rings is 2. The largest absolute Gasteiger partial charge is 0.497 e. The lowest BCUT2D eigenvalue weighted by molar-refractivity contribution is 0.0600. The topological polar surface area (TPSA) is 68.8 Å². The van der Waals surface area contributed by atoms with Crippen molar-refractivity contribution < 1.29 is 19.0 Å². The second-order valence-corrected chi connectivity index (χ2v) is 7.60. The Morgan fingerprint density at radius 3 is 2.71 bits per heavy atom. The molecule has 2 aromatic rings. The summed E-state index contributed by atoms with van der Waals surface area (Å²) in [4.78, 5) is 11.7. The fourth-order valence-electron chi connectivity index (χ4n) is 3.25. The van der Waals surface area contributed by atoms with Crippen LogP contribution in [0, 0.1) is 0 Å². The molecule has 148 valence electrons. The van der Waals surface area contributed by atoms with Crippen LogP contribution in [0.2, 0.25) is 0 Å². The standard InChI is InChI=1S/C21H24N2O4S/c1-21(2)12-17(16-9-8-15(25-3)11-18(16)27-21)23-20(28)22-14-7-5-6-13(10-14)19(24)26-4/h5-11,17H,12H2,1-4H3,(H2,22,23,28)/t17-/m0/s1. The molecule has 1 heterocycles. The molecule has 6 nitrogen and oxygen atoms in total. The molecular formula is C21H24N2O4S. The van der Waals surface area contributed by atoms with Crippen LogP contribution in [0.1, 0.15) is 42.2 Å². The van der Waals surface area contributed by atoms with Crippen LogP contribution in [-0.4, -0.2) is 30.9 Å². The van der Waals surface area contributed by atoms with Crippen LogP contribution < -0.4 is 20.1 Å². The van der Waals surface area contributed by atoms with E-state index in [-0.39, 0.29) is 11.6 Å². The number of carbonyl (C=O) groups excluding carboxylic acids is 1. The average Bonchev–Trinajstić information content (AvgIpc) is 2.66. The van der Waals surface area contributed by atoms with Gasteiger partial charge in [0.15, 0.2) is 5.11 Å². The van der Waals surface area contributed by atoms with E-state index in [1.807, 2.05) is 38.1 Å². The van der Waals surface area contributed by atoms with Gasteiger partial charge in [-0.1, -0.05) is 6.07 Å². The summed E-state index contributed by atoms with van der Waals surface area (Å²) in [5, 5.41) is 6.96. The number of fused-ring (bicyclic) bond motifs is 1. The van der Waals surface area contributed by atoms with Crippen molar-refractivity contribution in [1.82, 2.24) is 5.32 Å². The van der Waals surface area contributed by atoms with Gasteiger partial charge in [-0.05, 0) is 56.4 Å². The number of hydrogen-bond donors (Lipinski definition) is 2. The van der Waals surface area contributed by atoms with Crippen LogP contribution in [-0.2, 0) is 4.74 Å². The Balaban J connectivity index is 1.76. The molecule has 0 fully saturated rings. The third kappa shape index (κ3) is 4.54. The Labute approximate surface area is 170 Å². The molecule has 28 heavy (non-hydrogen) atoms. The van der Waals surface area contributed by atoms with Crippen molar-refractivity contribution in [1.29, 1.82) is 0 Å². The van der Waals surface area contributed by atoms with Crippen molar-refractivity contribution in [2.75, 3.05) is 19.5 Å². The highest BCUT2D eigenvalue weighted by atomic mass is 32.1. The van der Waals surface area contributed by atoms with Gasteiger partial charge in [-0.25, -0.2) is 4.79 Å². The summed E-state index contributed by atoms with van der Waals surface area (Å²) in [6.07, 6.45) is 0.746. The van der Waals surface area contributed by atoms with E-state index in [9.17, 15) is 4.79 Å². The van der Waals surface area contributed by atoms with Crippen LogP contribution in [0.4, 0.5) is 5.69 Å². The van der Waals surface area contributed by atoms with Crippen molar-refractivity contribution in [3.63, 3.8) is 0 Å². The third-order valence-corrected chi connectivity index (χ3v) is 4.74. The molecule has 0 saturated carbocycles. The van der Waals surface area contributed by atoms with Crippen LogP contribution in [0.3, 0.4) is 0 Å². The van der Waals surface area contributed by atoms with Crippen LogP contribution in [0.5, 0.6) is 11.5 Å². The zero-order chi connectivity index (χ0) is 20.3. The van der Waals surface area contributed by atoms with E-state index in [1.165, 1.54) is 7.11 Å². The molecule has 0 aliphatic carbocycles. The minimum absolute atomic E-state index is 0.0200. The number of ether oxygens (including phenoxy) is 3. The second-order valence-electron chi connectivity index (χ2n) is 7.19. The van der Waals surface area contributed by atoms with Crippen LogP contribution in [0.15, 0.2) is 42.5 Å². The van der Waals surface area contributed by atoms with Gasteiger partial charge in [0.2, 0.25) is 0 Å². The zero-order valence-electron chi connectivity index (χ0n) is 16.4. The summed E-state index contributed by atoms with van der Waals surface area (Å²) >= 11 is 5.50. The molecule has 0 amide bonds. The Hall–Kier alpha value is -2.80. The number of thiocarbonyl (C=S) groups is 1. The summed E-state index contributed by atoms with van der Waals surface area (Å²) in [7, 11) is 2.99.